The third kappa shape index (κ3) is 3.30. The van der Waals surface area contributed by atoms with E-state index in [0.29, 0.717) is 30.5 Å². The lowest BCUT2D eigenvalue weighted by atomic mass is 9.91. The highest BCUT2D eigenvalue weighted by molar-refractivity contribution is 5.95. The second kappa shape index (κ2) is 6.09. The molecule has 1 heterocycles. The molecule has 2 rings (SSSR count). The van der Waals surface area contributed by atoms with E-state index in [0.717, 1.165) is 6.42 Å². The van der Waals surface area contributed by atoms with E-state index < -0.39 is 4.92 Å². The Kier molecular flexibility index (Phi) is 4.42. The third-order valence-corrected chi connectivity index (χ3v) is 3.75. The molecular formula is C14H20N4O3. The summed E-state index contributed by atoms with van der Waals surface area (Å²) >= 11 is 0. The summed E-state index contributed by atoms with van der Waals surface area (Å²) in [6.45, 7) is 5.60. The van der Waals surface area contributed by atoms with Gasteiger partial charge in [0.15, 0.2) is 0 Å². The van der Waals surface area contributed by atoms with Crippen molar-refractivity contribution in [3.05, 3.63) is 33.9 Å². The van der Waals surface area contributed by atoms with Crippen LogP contribution in [0.15, 0.2) is 18.2 Å². The number of nitrogens with zero attached hydrogens (tertiary/aromatic N) is 2. The maximum absolute atomic E-state index is 12.5. The molecule has 0 aromatic heterocycles. The lowest BCUT2D eigenvalue weighted by Gasteiger charge is -2.35. The Morgan fingerprint density at radius 2 is 2.00 bits per heavy atom. The normalized spacial score (nSPS) is 22.0. The Balaban J connectivity index is 2.27. The quantitative estimate of drug-likeness (QED) is 0.504. The van der Waals surface area contributed by atoms with Crippen molar-refractivity contribution in [3.63, 3.8) is 0 Å². The SMILES string of the molecule is CC1CC(C)CN(C(=O)c2ccc(NN)c([N+](=O)[O-])c2)C1. The zero-order valence-corrected chi connectivity index (χ0v) is 12.2. The summed E-state index contributed by atoms with van der Waals surface area (Å²) in [4.78, 5) is 24.8. The second-order valence-corrected chi connectivity index (χ2v) is 5.79. The standard InChI is InChI=1S/C14H20N4O3/c1-9-5-10(2)8-17(7-9)14(19)11-3-4-12(16-15)13(6-11)18(20)21/h3-4,6,9-10,16H,5,7-8,15H2,1-2H3. The van der Waals surface area contributed by atoms with E-state index in [1.54, 1.807) is 11.0 Å². The van der Waals surface area contributed by atoms with Gasteiger partial charge in [-0.15, -0.1) is 0 Å². The van der Waals surface area contributed by atoms with E-state index in [9.17, 15) is 14.9 Å². The molecule has 0 bridgehead atoms. The van der Waals surface area contributed by atoms with E-state index in [-0.39, 0.29) is 17.3 Å². The Morgan fingerprint density at radius 1 is 1.38 bits per heavy atom. The van der Waals surface area contributed by atoms with Crippen LogP contribution in [0.5, 0.6) is 0 Å². The molecule has 1 amide bonds. The highest BCUT2D eigenvalue weighted by Gasteiger charge is 2.27. The number of hydrazine groups is 1. The number of hydrogen-bond acceptors (Lipinski definition) is 5. The number of hydrogen-bond donors (Lipinski definition) is 2. The highest BCUT2D eigenvalue weighted by atomic mass is 16.6. The molecule has 1 aromatic carbocycles. The average molecular weight is 292 g/mol. The molecule has 2 unspecified atom stereocenters. The Bertz CT molecular complexity index is 551. The second-order valence-electron chi connectivity index (χ2n) is 5.79. The molecule has 3 N–H and O–H groups in total. The molecule has 1 aromatic rings. The van der Waals surface area contributed by atoms with E-state index in [2.05, 4.69) is 19.3 Å². The van der Waals surface area contributed by atoms with Gasteiger partial charge in [-0.25, -0.2) is 0 Å². The zero-order valence-electron chi connectivity index (χ0n) is 12.2. The predicted octanol–water partition coefficient (Wildman–Crippen LogP) is 2.00. The van der Waals surface area contributed by atoms with Gasteiger partial charge in [-0.05, 0) is 30.4 Å². The highest BCUT2D eigenvalue weighted by Crippen LogP contribution is 2.27. The van der Waals surface area contributed by atoms with Crippen molar-refractivity contribution in [2.75, 3.05) is 18.5 Å². The number of nitrogens with two attached hydrogens (primary N) is 1. The van der Waals surface area contributed by atoms with Gasteiger partial charge in [-0.3, -0.25) is 20.8 Å². The van der Waals surface area contributed by atoms with E-state index in [4.69, 9.17) is 5.84 Å². The number of nitro benzene ring substituents is 1. The van der Waals surface area contributed by atoms with Crippen LogP contribution >= 0.6 is 0 Å². The largest absolute Gasteiger partial charge is 0.338 e. The van der Waals surface area contributed by atoms with Crippen LogP contribution in [0.25, 0.3) is 0 Å². The average Bonchev–Trinajstić information content (AvgIpc) is 2.44. The molecule has 21 heavy (non-hydrogen) atoms. The van der Waals surface area contributed by atoms with Crippen LogP contribution in [0.2, 0.25) is 0 Å². The number of benzene rings is 1. The molecule has 1 aliphatic rings. The van der Waals surface area contributed by atoms with Crippen molar-refractivity contribution in [1.82, 2.24) is 4.90 Å². The number of likely N-dealkylation sites (tertiary alicyclic amines) is 1. The van der Waals surface area contributed by atoms with Crippen LogP contribution in [-0.2, 0) is 0 Å². The summed E-state index contributed by atoms with van der Waals surface area (Å²) in [7, 11) is 0. The number of piperidine rings is 1. The maximum Gasteiger partial charge on any atom is 0.294 e. The molecule has 2 atom stereocenters. The molecule has 1 aliphatic heterocycles. The molecule has 7 nitrogen and oxygen atoms in total. The van der Waals surface area contributed by atoms with Crippen molar-refractivity contribution in [1.29, 1.82) is 0 Å². The first-order valence-corrected chi connectivity index (χ1v) is 6.96. The number of amides is 1. The van der Waals surface area contributed by atoms with Gasteiger partial charge in [0.25, 0.3) is 11.6 Å². The summed E-state index contributed by atoms with van der Waals surface area (Å²) in [5.41, 5.74) is 2.59. The number of nitro groups is 1. The minimum Gasteiger partial charge on any atom is -0.338 e. The van der Waals surface area contributed by atoms with E-state index in [1.807, 2.05) is 0 Å². The van der Waals surface area contributed by atoms with Gasteiger partial charge < -0.3 is 10.3 Å². The van der Waals surface area contributed by atoms with Crippen LogP contribution in [0.1, 0.15) is 30.6 Å². The molecule has 7 heteroatoms. The smallest absolute Gasteiger partial charge is 0.294 e. The molecule has 1 saturated heterocycles. The van der Waals surface area contributed by atoms with Crippen molar-refractivity contribution in [2.45, 2.75) is 20.3 Å². The Labute approximate surface area is 123 Å². The zero-order chi connectivity index (χ0) is 15.6. The van der Waals surface area contributed by atoms with Gasteiger partial charge in [0.05, 0.1) is 4.92 Å². The lowest BCUT2D eigenvalue weighted by molar-refractivity contribution is -0.384. The number of carbonyl (C=O) groups is 1. The van der Waals surface area contributed by atoms with Crippen LogP contribution in [0.3, 0.4) is 0 Å². The van der Waals surface area contributed by atoms with Gasteiger partial charge in [-0.2, -0.15) is 0 Å². The predicted molar refractivity (Wildman–Crippen MR) is 79.8 cm³/mol. The fourth-order valence-electron chi connectivity index (χ4n) is 2.95. The molecule has 0 spiro atoms. The summed E-state index contributed by atoms with van der Waals surface area (Å²) in [6.07, 6.45) is 1.10. The van der Waals surface area contributed by atoms with Crippen molar-refractivity contribution < 1.29 is 9.72 Å². The molecule has 0 aliphatic carbocycles. The molecular weight excluding hydrogens is 272 g/mol. The maximum atomic E-state index is 12.5. The molecule has 114 valence electrons. The topological polar surface area (TPSA) is 102 Å². The summed E-state index contributed by atoms with van der Waals surface area (Å²) in [6, 6.07) is 4.30. The number of nitrogen functional groups attached to an aromatic ring is 1. The number of nitrogens with one attached hydrogen (secondary N) is 1. The minimum atomic E-state index is -0.548. The first-order valence-electron chi connectivity index (χ1n) is 6.96. The number of rotatable bonds is 3. The van der Waals surface area contributed by atoms with Crippen LogP contribution < -0.4 is 11.3 Å². The first-order chi connectivity index (χ1) is 9.92. The molecule has 0 saturated carbocycles. The Hall–Kier alpha value is -2.15. The van der Waals surface area contributed by atoms with Crippen LogP contribution in [0.4, 0.5) is 11.4 Å². The third-order valence-electron chi connectivity index (χ3n) is 3.75. The number of anilines is 1. The van der Waals surface area contributed by atoms with Crippen LogP contribution in [-0.4, -0.2) is 28.8 Å². The van der Waals surface area contributed by atoms with E-state index in [1.165, 1.54) is 12.1 Å². The fraction of sp³-hybridized carbons (Fsp3) is 0.500. The monoisotopic (exact) mass is 292 g/mol. The molecule has 0 radical (unpaired) electrons. The van der Waals surface area contributed by atoms with Crippen LogP contribution in [0, 0.1) is 22.0 Å². The Morgan fingerprint density at radius 3 is 2.52 bits per heavy atom. The fourth-order valence-corrected chi connectivity index (χ4v) is 2.95. The first kappa shape index (κ1) is 15.2. The minimum absolute atomic E-state index is 0.167. The molecule has 1 fully saturated rings. The van der Waals surface area contributed by atoms with Crippen molar-refractivity contribution in [2.24, 2.45) is 17.7 Å². The van der Waals surface area contributed by atoms with Crippen molar-refractivity contribution >= 4 is 17.3 Å². The van der Waals surface area contributed by atoms with Gasteiger partial charge in [0, 0.05) is 24.7 Å². The van der Waals surface area contributed by atoms with Gasteiger partial charge in [-0.1, -0.05) is 13.8 Å². The lowest BCUT2D eigenvalue weighted by Crippen LogP contribution is -2.42. The van der Waals surface area contributed by atoms with Gasteiger partial charge in [0.1, 0.15) is 5.69 Å². The van der Waals surface area contributed by atoms with E-state index >= 15 is 0 Å². The summed E-state index contributed by atoms with van der Waals surface area (Å²) < 4.78 is 0. The van der Waals surface area contributed by atoms with Gasteiger partial charge in [0.2, 0.25) is 0 Å². The summed E-state index contributed by atoms with van der Waals surface area (Å²) in [5, 5.41) is 11.0. The number of carbonyl (C=O) groups excluding carboxylic acids is 1. The van der Waals surface area contributed by atoms with Gasteiger partial charge >= 0.3 is 0 Å². The summed E-state index contributed by atoms with van der Waals surface area (Å²) in [5.74, 6) is 5.96. The van der Waals surface area contributed by atoms with Crippen molar-refractivity contribution in [3.8, 4) is 0 Å².